The molecule has 2 aromatic heterocycles. The predicted octanol–water partition coefficient (Wildman–Crippen LogP) is 5.21. The first-order valence-electron chi connectivity index (χ1n) is 8.06. The minimum absolute atomic E-state index is 0.861. The Morgan fingerprint density at radius 2 is 1.58 bits per heavy atom. The van der Waals surface area contributed by atoms with Crippen LogP contribution >= 0.6 is 0 Å². The summed E-state index contributed by atoms with van der Waals surface area (Å²) in [4.78, 5) is 13.9. The molecule has 0 spiro atoms. The van der Waals surface area contributed by atoms with Gasteiger partial charge in [0.1, 0.15) is 0 Å². The first-order valence-corrected chi connectivity index (χ1v) is 8.06. The number of aromatic nitrogens is 2. The first kappa shape index (κ1) is 16.1. The highest BCUT2D eigenvalue weighted by Crippen LogP contribution is 2.26. The molecule has 2 heterocycles. The lowest BCUT2D eigenvalue weighted by Crippen LogP contribution is -2.00. The number of nitrogens with zero attached hydrogens (tertiary/aromatic N) is 3. The molecular weight excluding hydrogens is 294 g/mol. The Balaban J connectivity index is 2.01. The molecule has 24 heavy (non-hydrogen) atoms. The lowest BCUT2D eigenvalue weighted by molar-refractivity contribution is 1.22. The Labute approximate surface area is 143 Å². The van der Waals surface area contributed by atoms with Crippen molar-refractivity contribution < 1.29 is 0 Å². The van der Waals surface area contributed by atoms with Crippen molar-refractivity contribution in [2.75, 3.05) is 0 Å². The first-order chi connectivity index (χ1) is 11.5. The van der Waals surface area contributed by atoms with E-state index in [2.05, 4.69) is 37.9 Å². The number of aryl methyl sites for hydroxylation is 3. The van der Waals surface area contributed by atoms with Gasteiger partial charge in [0.25, 0.3) is 0 Å². The molecule has 0 amide bonds. The molecule has 0 radical (unpaired) electrons. The van der Waals surface area contributed by atoms with E-state index in [-0.39, 0.29) is 0 Å². The fourth-order valence-corrected chi connectivity index (χ4v) is 2.87. The maximum absolute atomic E-state index is 4.84. The van der Waals surface area contributed by atoms with E-state index in [1.54, 1.807) is 6.20 Å². The van der Waals surface area contributed by atoms with Crippen molar-refractivity contribution in [2.24, 2.45) is 4.99 Å². The maximum atomic E-state index is 4.84. The lowest BCUT2D eigenvalue weighted by atomic mass is 10.1. The van der Waals surface area contributed by atoms with E-state index in [4.69, 9.17) is 9.98 Å². The number of rotatable bonds is 3. The van der Waals surface area contributed by atoms with Crippen LogP contribution in [0.25, 0.3) is 11.4 Å². The normalized spacial score (nSPS) is 11.6. The van der Waals surface area contributed by atoms with Crippen LogP contribution in [0.2, 0.25) is 0 Å². The Morgan fingerprint density at radius 3 is 2.25 bits per heavy atom. The molecule has 1 aromatic carbocycles. The molecule has 0 bridgehead atoms. The third-order valence-corrected chi connectivity index (χ3v) is 3.96. The zero-order valence-corrected chi connectivity index (χ0v) is 14.5. The molecule has 0 fully saturated rings. The minimum Gasteiger partial charge on any atom is -0.255 e. The van der Waals surface area contributed by atoms with Crippen molar-refractivity contribution in [2.45, 2.75) is 27.7 Å². The number of benzene rings is 1. The van der Waals surface area contributed by atoms with Crippen molar-refractivity contribution >= 4 is 11.4 Å². The van der Waals surface area contributed by atoms with Gasteiger partial charge in [0.15, 0.2) is 0 Å². The van der Waals surface area contributed by atoms with Gasteiger partial charge >= 0.3 is 0 Å². The highest BCUT2D eigenvalue weighted by molar-refractivity contribution is 5.99. The third-order valence-electron chi connectivity index (χ3n) is 3.96. The number of pyridine rings is 2. The zero-order chi connectivity index (χ0) is 17.1. The van der Waals surface area contributed by atoms with E-state index in [9.17, 15) is 0 Å². The third kappa shape index (κ3) is 3.40. The summed E-state index contributed by atoms with van der Waals surface area (Å²) in [5.41, 5.74) is 8.18. The Hall–Kier alpha value is -2.81. The van der Waals surface area contributed by atoms with Crippen molar-refractivity contribution in [3.8, 4) is 11.4 Å². The van der Waals surface area contributed by atoms with Crippen LogP contribution in [0, 0.1) is 20.8 Å². The Bertz CT molecular complexity index is 873. The number of aliphatic imine (C=N–C) groups is 1. The van der Waals surface area contributed by atoms with Crippen LogP contribution in [0.3, 0.4) is 0 Å². The second kappa shape index (κ2) is 6.75. The smallest absolute Gasteiger partial charge is 0.0894 e. The topological polar surface area (TPSA) is 38.1 Å². The van der Waals surface area contributed by atoms with Crippen LogP contribution in [0.5, 0.6) is 0 Å². The monoisotopic (exact) mass is 315 g/mol. The van der Waals surface area contributed by atoms with Crippen LogP contribution in [0.4, 0.5) is 5.69 Å². The standard InChI is InChI=1S/C21H21N3/c1-14-12-15(2)21(16(3)13-14)23-17(4)18-9-7-10-20(24-18)19-8-5-6-11-22-19/h5-13H,1-4H3. The molecule has 0 aliphatic carbocycles. The summed E-state index contributed by atoms with van der Waals surface area (Å²) in [5, 5.41) is 0. The highest BCUT2D eigenvalue weighted by Gasteiger charge is 2.07. The van der Waals surface area contributed by atoms with Crippen molar-refractivity contribution in [1.82, 2.24) is 9.97 Å². The van der Waals surface area contributed by atoms with Gasteiger partial charge < -0.3 is 0 Å². The van der Waals surface area contributed by atoms with Crippen molar-refractivity contribution in [3.63, 3.8) is 0 Å². The molecule has 0 N–H and O–H groups in total. The van der Waals surface area contributed by atoms with Gasteiger partial charge in [-0.3, -0.25) is 9.98 Å². The van der Waals surface area contributed by atoms with Crippen molar-refractivity contribution in [1.29, 1.82) is 0 Å². The van der Waals surface area contributed by atoms with Crippen molar-refractivity contribution in [3.05, 3.63) is 77.1 Å². The lowest BCUT2D eigenvalue weighted by Gasteiger charge is -2.09. The van der Waals surface area contributed by atoms with Gasteiger partial charge in [0.05, 0.1) is 28.5 Å². The molecule has 3 nitrogen and oxygen atoms in total. The summed E-state index contributed by atoms with van der Waals surface area (Å²) in [7, 11) is 0. The second-order valence-electron chi connectivity index (χ2n) is 6.07. The molecule has 0 saturated heterocycles. The summed E-state index contributed by atoms with van der Waals surface area (Å²) in [6.07, 6.45) is 1.78. The van der Waals surface area contributed by atoms with E-state index in [0.29, 0.717) is 0 Å². The van der Waals surface area contributed by atoms with Crippen LogP contribution in [0.1, 0.15) is 29.3 Å². The molecule has 0 saturated carbocycles. The molecular formula is C21H21N3. The van der Waals surface area contributed by atoms with Gasteiger partial charge in [0.2, 0.25) is 0 Å². The summed E-state index contributed by atoms with van der Waals surface area (Å²) in [6, 6.07) is 16.1. The van der Waals surface area contributed by atoms with Gasteiger partial charge in [-0.1, -0.05) is 29.8 Å². The van der Waals surface area contributed by atoms with Gasteiger partial charge in [-0.15, -0.1) is 0 Å². The van der Waals surface area contributed by atoms with E-state index < -0.39 is 0 Å². The fraction of sp³-hybridized carbons (Fsp3) is 0.190. The van der Waals surface area contributed by atoms with Crippen LogP contribution < -0.4 is 0 Å². The van der Waals surface area contributed by atoms with E-state index >= 15 is 0 Å². The molecule has 3 aromatic rings. The summed E-state index contributed by atoms with van der Waals surface area (Å²) >= 11 is 0. The molecule has 0 unspecified atom stereocenters. The number of hydrogen-bond donors (Lipinski definition) is 0. The van der Waals surface area contributed by atoms with E-state index in [1.165, 1.54) is 16.7 Å². The molecule has 0 aliphatic heterocycles. The van der Waals surface area contributed by atoms with Crippen LogP contribution in [-0.4, -0.2) is 15.7 Å². The maximum Gasteiger partial charge on any atom is 0.0894 e. The molecule has 3 heteroatoms. The molecule has 120 valence electrons. The average molecular weight is 315 g/mol. The molecule has 0 aliphatic rings. The molecule has 3 rings (SSSR count). The summed E-state index contributed by atoms with van der Waals surface area (Å²) in [6.45, 7) is 8.31. The van der Waals surface area contributed by atoms with Crippen LogP contribution in [-0.2, 0) is 0 Å². The fourth-order valence-electron chi connectivity index (χ4n) is 2.87. The number of hydrogen-bond acceptors (Lipinski definition) is 3. The second-order valence-corrected chi connectivity index (χ2v) is 6.07. The van der Waals surface area contributed by atoms with Crippen LogP contribution in [0.15, 0.2) is 59.7 Å². The predicted molar refractivity (Wildman–Crippen MR) is 100.0 cm³/mol. The average Bonchev–Trinajstić information content (AvgIpc) is 2.59. The minimum atomic E-state index is 0.861. The van der Waals surface area contributed by atoms with Gasteiger partial charge in [-0.25, -0.2) is 4.98 Å². The van der Waals surface area contributed by atoms with Gasteiger partial charge in [-0.05, 0) is 63.1 Å². The summed E-state index contributed by atoms with van der Waals surface area (Å²) in [5.74, 6) is 0. The SMILES string of the molecule is CC(=Nc1c(C)cc(C)cc1C)c1cccc(-c2ccccn2)n1. The Morgan fingerprint density at radius 1 is 0.875 bits per heavy atom. The zero-order valence-electron chi connectivity index (χ0n) is 14.5. The van der Waals surface area contributed by atoms with E-state index in [0.717, 1.165) is 28.5 Å². The molecule has 0 atom stereocenters. The highest BCUT2D eigenvalue weighted by atomic mass is 14.8. The largest absolute Gasteiger partial charge is 0.255 e. The quantitative estimate of drug-likeness (QED) is 0.622. The summed E-state index contributed by atoms with van der Waals surface area (Å²) < 4.78 is 0. The van der Waals surface area contributed by atoms with Gasteiger partial charge in [0, 0.05) is 6.20 Å². The van der Waals surface area contributed by atoms with Gasteiger partial charge in [-0.2, -0.15) is 0 Å². The van der Waals surface area contributed by atoms with E-state index in [1.807, 2.05) is 43.3 Å². The Kier molecular flexibility index (Phi) is 4.52.